The van der Waals surface area contributed by atoms with E-state index in [2.05, 4.69) is 49.4 Å². The highest BCUT2D eigenvalue weighted by molar-refractivity contribution is 5.98. The number of carbonyl (C=O) groups excluding carboxylic acids is 1. The molecule has 0 atom stereocenters. The molecule has 1 aliphatic rings. The first kappa shape index (κ1) is 20.9. The lowest BCUT2D eigenvalue weighted by atomic mass is 10.1. The number of nitrogens with one attached hydrogen (secondary N) is 3. The van der Waals surface area contributed by atoms with Gasteiger partial charge in [0.25, 0.3) is 0 Å². The summed E-state index contributed by atoms with van der Waals surface area (Å²) in [4.78, 5) is 34.9. The number of rotatable bonds is 6. The molecule has 7 nitrogen and oxygen atoms in total. The molecule has 1 aliphatic heterocycles. The Balaban J connectivity index is 1.34. The van der Waals surface area contributed by atoms with E-state index in [0.717, 1.165) is 48.6 Å². The fourth-order valence-corrected chi connectivity index (χ4v) is 4.39. The van der Waals surface area contributed by atoms with E-state index < -0.39 is 0 Å². The van der Waals surface area contributed by atoms with Crippen LogP contribution in [0.15, 0.2) is 77.6 Å². The maximum Gasteiger partial charge on any atom is 0.323 e. The Kier molecular flexibility index (Phi) is 5.85. The number of aromatic amines is 2. The van der Waals surface area contributed by atoms with Crippen molar-refractivity contribution in [3.63, 3.8) is 0 Å². The Hall–Kier alpha value is -4.00. The summed E-state index contributed by atoms with van der Waals surface area (Å²) in [6.45, 7) is 3.41. The fraction of sp³-hybridized carbons (Fsp3) is 0.231. The molecule has 4 aromatic rings. The van der Waals surface area contributed by atoms with Crippen LogP contribution >= 0.6 is 0 Å². The van der Waals surface area contributed by atoms with E-state index in [4.69, 9.17) is 0 Å². The van der Waals surface area contributed by atoms with Gasteiger partial charge in [-0.1, -0.05) is 48.5 Å². The molecule has 0 saturated carbocycles. The Morgan fingerprint density at radius 2 is 1.42 bits per heavy atom. The van der Waals surface area contributed by atoms with Crippen LogP contribution in [0.3, 0.4) is 0 Å². The van der Waals surface area contributed by atoms with Crippen molar-refractivity contribution < 1.29 is 4.79 Å². The summed E-state index contributed by atoms with van der Waals surface area (Å²) < 4.78 is 0. The van der Waals surface area contributed by atoms with E-state index in [1.165, 1.54) is 5.69 Å². The van der Waals surface area contributed by atoms with Crippen LogP contribution in [0.4, 0.5) is 17.1 Å². The van der Waals surface area contributed by atoms with Crippen LogP contribution in [-0.4, -0.2) is 42.1 Å². The Bertz CT molecular complexity index is 1290. The fourth-order valence-electron chi connectivity index (χ4n) is 4.39. The molecule has 168 valence electrons. The van der Waals surface area contributed by atoms with Gasteiger partial charge in [0, 0.05) is 38.3 Å². The molecule has 1 amide bonds. The number of hydrogen-bond acceptors (Lipinski definition) is 4. The van der Waals surface area contributed by atoms with Gasteiger partial charge in [0.15, 0.2) is 0 Å². The van der Waals surface area contributed by atoms with Crippen LogP contribution in [0.1, 0.15) is 12.0 Å². The van der Waals surface area contributed by atoms with E-state index in [9.17, 15) is 9.59 Å². The SMILES string of the molecule is O=C(CCc1ccccc1)Nc1cc2[nH]c(=O)[nH]c2cc1N1CCN(c2ccccc2)CC1. The number of benzene rings is 3. The van der Waals surface area contributed by atoms with Crippen LogP contribution in [0.2, 0.25) is 0 Å². The number of aryl methyl sites for hydroxylation is 1. The number of para-hydroxylation sites is 1. The smallest absolute Gasteiger partial charge is 0.323 e. The molecule has 7 heteroatoms. The third-order valence-corrected chi connectivity index (χ3v) is 6.13. The zero-order valence-corrected chi connectivity index (χ0v) is 18.4. The third kappa shape index (κ3) is 4.77. The lowest BCUT2D eigenvalue weighted by molar-refractivity contribution is -0.116. The zero-order chi connectivity index (χ0) is 22.6. The number of nitrogens with zero attached hydrogens (tertiary/aromatic N) is 2. The second-order valence-corrected chi connectivity index (χ2v) is 8.34. The molecule has 1 fully saturated rings. The minimum Gasteiger partial charge on any atom is -0.368 e. The van der Waals surface area contributed by atoms with E-state index in [-0.39, 0.29) is 11.6 Å². The van der Waals surface area contributed by atoms with Gasteiger partial charge in [-0.2, -0.15) is 0 Å². The molecular weight excluding hydrogens is 414 g/mol. The third-order valence-electron chi connectivity index (χ3n) is 6.13. The van der Waals surface area contributed by atoms with Crippen LogP contribution in [-0.2, 0) is 11.2 Å². The minimum atomic E-state index is -0.252. The van der Waals surface area contributed by atoms with Gasteiger partial charge >= 0.3 is 5.69 Å². The van der Waals surface area contributed by atoms with Crippen molar-refractivity contribution in [2.75, 3.05) is 41.3 Å². The molecule has 0 radical (unpaired) electrons. The van der Waals surface area contributed by atoms with Gasteiger partial charge < -0.3 is 25.1 Å². The number of anilines is 3. The molecule has 33 heavy (non-hydrogen) atoms. The average Bonchev–Trinajstić information content (AvgIpc) is 3.22. The monoisotopic (exact) mass is 441 g/mol. The number of carbonyl (C=O) groups is 1. The van der Waals surface area contributed by atoms with Gasteiger partial charge in [0.05, 0.1) is 22.4 Å². The number of H-pyrrole nitrogens is 2. The number of aromatic nitrogens is 2. The Morgan fingerprint density at radius 3 is 2.12 bits per heavy atom. The molecule has 0 spiro atoms. The molecule has 1 saturated heterocycles. The lowest BCUT2D eigenvalue weighted by Gasteiger charge is -2.38. The average molecular weight is 442 g/mol. The van der Waals surface area contributed by atoms with Gasteiger partial charge in [0.1, 0.15) is 0 Å². The van der Waals surface area contributed by atoms with Crippen molar-refractivity contribution in [2.45, 2.75) is 12.8 Å². The maximum atomic E-state index is 12.8. The standard InChI is InChI=1S/C26H27N5O2/c32-25(12-11-19-7-3-1-4-8-19)27-23-17-21-22(29-26(33)28-21)18-24(23)31-15-13-30(14-16-31)20-9-5-2-6-10-20/h1-10,17-18H,11-16H2,(H,27,32)(H2,28,29,33). The van der Waals surface area contributed by atoms with Crippen LogP contribution in [0.5, 0.6) is 0 Å². The van der Waals surface area contributed by atoms with Crippen LogP contribution < -0.4 is 20.8 Å². The normalized spacial score (nSPS) is 13.9. The molecule has 1 aromatic heterocycles. The number of hydrogen-bond donors (Lipinski definition) is 3. The second kappa shape index (κ2) is 9.24. The van der Waals surface area contributed by atoms with Crippen molar-refractivity contribution in [1.82, 2.24) is 9.97 Å². The van der Waals surface area contributed by atoms with Gasteiger partial charge in [-0.3, -0.25) is 4.79 Å². The van der Waals surface area contributed by atoms with Gasteiger partial charge in [-0.25, -0.2) is 4.79 Å². The van der Waals surface area contributed by atoms with Gasteiger partial charge in [-0.05, 0) is 36.2 Å². The van der Waals surface area contributed by atoms with Crippen LogP contribution in [0.25, 0.3) is 11.0 Å². The first-order chi connectivity index (χ1) is 16.2. The molecular formula is C26H27N5O2. The lowest BCUT2D eigenvalue weighted by Crippen LogP contribution is -2.46. The maximum absolute atomic E-state index is 12.8. The summed E-state index contributed by atoms with van der Waals surface area (Å²) in [5.74, 6) is -0.0414. The minimum absolute atomic E-state index is 0.0414. The number of imidazole rings is 1. The highest BCUT2D eigenvalue weighted by atomic mass is 16.1. The molecule has 0 aliphatic carbocycles. The topological polar surface area (TPSA) is 84.2 Å². The highest BCUT2D eigenvalue weighted by Crippen LogP contribution is 2.31. The summed E-state index contributed by atoms with van der Waals surface area (Å²) in [5, 5.41) is 3.09. The quantitative estimate of drug-likeness (QED) is 0.425. The molecule has 2 heterocycles. The summed E-state index contributed by atoms with van der Waals surface area (Å²) in [7, 11) is 0. The summed E-state index contributed by atoms with van der Waals surface area (Å²) in [6, 6.07) is 24.2. The van der Waals surface area contributed by atoms with Crippen LogP contribution in [0, 0.1) is 0 Å². The Morgan fingerprint density at radius 1 is 0.818 bits per heavy atom. The van der Waals surface area contributed by atoms with E-state index in [0.29, 0.717) is 18.4 Å². The van der Waals surface area contributed by atoms with Crippen molar-refractivity contribution in [3.8, 4) is 0 Å². The molecule has 0 unspecified atom stereocenters. The number of piperazine rings is 1. The summed E-state index contributed by atoms with van der Waals surface area (Å²) >= 11 is 0. The van der Waals surface area contributed by atoms with Crippen molar-refractivity contribution >= 4 is 34.0 Å². The second-order valence-electron chi connectivity index (χ2n) is 8.34. The molecule has 5 rings (SSSR count). The van der Waals surface area contributed by atoms with E-state index >= 15 is 0 Å². The predicted molar refractivity (Wildman–Crippen MR) is 133 cm³/mol. The number of amides is 1. The Labute approximate surface area is 192 Å². The highest BCUT2D eigenvalue weighted by Gasteiger charge is 2.21. The number of fused-ring (bicyclic) bond motifs is 1. The van der Waals surface area contributed by atoms with Crippen molar-refractivity contribution in [3.05, 3.63) is 88.8 Å². The summed E-state index contributed by atoms with van der Waals surface area (Å²) in [5.41, 5.74) is 5.18. The van der Waals surface area contributed by atoms with Crippen molar-refractivity contribution in [2.24, 2.45) is 0 Å². The van der Waals surface area contributed by atoms with Crippen molar-refractivity contribution in [1.29, 1.82) is 0 Å². The van der Waals surface area contributed by atoms with Gasteiger partial charge in [-0.15, -0.1) is 0 Å². The molecule has 0 bridgehead atoms. The van der Waals surface area contributed by atoms with Gasteiger partial charge in [0.2, 0.25) is 5.91 Å². The zero-order valence-electron chi connectivity index (χ0n) is 18.4. The van der Waals surface area contributed by atoms with E-state index in [1.807, 2.05) is 48.5 Å². The first-order valence-corrected chi connectivity index (χ1v) is 11.3. The molecule has 3 aromatic carbocycles. The largest absolute Gasteiger partial charge is 0.368 e. The molecule has 3 N–H and O–H groups in total. The first-order valence-electron chi connectivity index (χ1n) is 11.3. The van der Waals surface area contributed by atoms with E-state index in [1.54, 1.807) is 0 Å². The predicted octanol–water partition coefficient (Wildman–Crippen LogP) is 3.75. The summed E-state index contributed by atoms with van der Waals surface area (Å²) in [6.07, 6.45) is 1.08.